The second-order valence-electron chi connectivity index (χ2n) is 5.01. The quantitative estimate of drug-likeness (QED) is 0.599. The molecular weight excluding hydrogens is 214 g/mol. The lowest BCUT2D eigenvalue weighted by atomic mass is 10.1. The van der Waals surface area contributed by atoms with Crippen LogP contribution in [0.15, 0.2) is 0 Å². The van der Waals surface area contributed by atoms with Crippen molar-refractivity contribution in [3.63, 3.8) is 0 Å². The van der Waals surface area contributed by atoms with Gasteiger partial charge < -0.3 is 10.0 Å². The predicted octanol–water partition coefficient (Wildman–Crippen LogP) is 2.97. The summed E-state index contributed by atoms with van der Waals surface area (Å²) in [7, 11) is 3.36. The molecule has 0 aromatic rings. The molecule has 0 bridgehead atoms. The first kappa shape index (κ1) is 16.4. The largest absolute Gasteiger partial charge is 0.383 e. The molecule has 0 aliphatic heterocycles. The highest BCUT2D eigenvalue weighted by atomic mass is 16.3. The SMILES string of the molecule is CCCCCCCCCCC(O)C(=O)N(C)C. The van der Waals surface area contributed by atoms with Crippen molar-refractivity contribution in [2.75, 3.05) is 14.1 Å². The van der Waals surface area contributed by atoms with Crippen molar-refractivity contribution in [2.24, 2.45) is 0 Å². The molecule has 1 N–H and O–H groups in total. The fourth-order valence-electron chi connectivity index (χ4n) is 1.89. The van der Waals surface area contributed by atoms with Crippen LogP contribution in [0.25, 0.3) is 0 Å². The molecule has 0 radical (unpaired) electrons. The number of hydrogen-bond acceptors (Lipinski definition) is 2. The zero-order valence-corrected chi connectivity index (χ0v) is 11.7. The van der Waals surface area contributed by atoms with Gasteiger partial charge in [-0.3, -0.25) is 4.79 Å². The highest BCUT2D eigenvalue weighted by Crippen LogP contribution is 2.11. The van der Waals surface area contributed by atoms with Crippen molar-refractivity contribution in [2.45, 2.75) is 70.8 Å². The normalized spacial score (nSPS) is 12.5. The maximum absolute atomic E-state index is 11.4. The molecule has 17 heavy (non-hydrogen) atoms. The first-order chi connectivity index (χ1) is 8.09. The second-order valence-corrected chi connectivity index (χ2v) is 5.01. The summed E-state index contributed by atoms with van der Waals surface area (Å²) in [5.74, 6) is -0.173. The predicted molar refractivity (Wildman–Crippen MR) is 71.9 cm³/mol. The van der Waals surface area contributed by atoms with Crippen LogP contribution in [-0.4, -0.2) is 36.1 Å². The van der Waals surface area contributed by atoms with E-state index in [1.165, 1.54) is 43.4 Å². The first-order valence-corrected chi connectivity index (χ1v) is 6.98. The summed E-state index contributed by atoms with van der Waals surface area (Å²) in [6.07, 6.45) is 9.71. The average molecular weight is 243 g/mol. The van der Waals surface area contributed by atoms with Crippen LogP contribution >= 0.6 is 0 Å². The number of aliphatic hydroxyl groups excluding tert-OH is 1. The van der Waals surface area contributed by atoms with Crippen molar-refractivity contribution in [1.82, 2.24) is 4.90 Å². The Balaban J connectivity index is 3.30. The van der Waals surface area contributed by atoms with Gasteiger partial charge in [0.2, 0.25) is 0 Å². The number of hydrogen-bond donors (Lipinski definition) is 1. The molecule has 0 heterocycles. The number of rotatable bonds is 10. The van der Waals surface area contributed by atoms with Gasteiger partial charge in [0.1, 0.15) is 6.10 Å². The maximum atomic E-state index is 11.4. The summed E-state index contributed by atoms with van der Waals surface area (Å²) in [5.41, 5.74) is 0. The Morgan fingerprint density at radius 3 is 1.94 bits per heavy atom. The van der Waals surface area contributed by atoms with Gasteiger partial charge in [0.15, 0.2) is 0 Å². The van der Waals surface area contributed by atoms with Gasteiger partial charge in [-0.2, -0.15) is 0 Å². The van der Waals surface area contributed by atoms with Crippen molar-refractivity contribution in [3.8, 4) is 0 Å². The molecular formula is C14H29NO2. The van der Waals surface area contributed by atoms with E-state index in [9.17, 15) is 9.90 Å². The summed E-state index contributed by atoms with van der Waals surface area (Å²) in [6, 6.07) is 0. The molecule has 0 saturated carbocycles. The topological polar surface area (TPSA) is 40.5 Å². The lowest BCUT2D eigenvalue weighted by Crippen LogP contribution is -2.33. The molecule has 0 aromatic carbocycles. The Kier molecular flexibility index (Phi) is 10.2. The van der Waals surface area contributed by atoms with Crippen LogP contribution in [0, 0.1) is 0 Å². The van der Waals surface area contributed by atoms with Gasteiger partial charge in [-0.25, -0.2) is 0 Å². The number of carbonyl (C=O) groups is 1. The monoisotopic (exact) mass is 243 g/mol. The van der Waals surface area contributed by atoms with Crippen molar-refractivity contribution in [3.05, 3.63) is 0 Å². The van der Waals surface area contributed by atoms with Gasteiger partial charge in [0.25, 0.3) is 5.91 Å². The Morgan fingerprint density at radius 1 is 1.00 bits per heavy atom. The third kappa shape index (κ3) is 9.16. The van der Waals surface area contributed by atoms with Crippen LogP contribution in [0.4, 0.5) is 0 Å². The van der Waals surface area contributed by atoms with Crippen LogP contribution in [0.3, 0.4) is 0 Å². The van der Waals surface area contributed by atoms with E-state index in [0.717, 1.165) is 12.8 Å². The fraction of sp³-hybridized carbons (Fsp3) is 0.929. The highest BCUT2D eigenvalue weighted by Gasteiger charge is 2.15. The Hall–Kier alpha value is -0.570. The number of aliphatic hydroxyl groups is 1. The highest BCUT2D eigenvalue weighted by molar-refractivity contribution is 5.79. The van der Waals surface area contributed by atoms with Gasteiger partial charge in [0.05, 0.1) is 0 Å². The van der Waals surface area contributed by atoms with Gasteiger partial charge in [-0.15, -0.1) is 0 Å². The summed E-state index contributed by atoms with van der Waals surface area (Å²) in [6.45, 7) is 2.23. The molecule has 0 aliphatic carbocycles. The Morgan fingerprint density at radius 2 is 1.47 bits per heavy atom. The van der Waals surface area contributed by atoms with Gasteiger partial charge in [-0.1, -0.05) is 58.3 Å². The molecule has 0 aliphatic rings. The number of likely N-dealkylation sites (N-methyl/N-ethyl adjacent to an activating group) is 1. The van der Waals surface area contributed by atoms with Crippen LogP contribution in [0.5, 0.6) is 0 Å². The molecule has 3 nitrogen and oxygen atoms in total. The zero-order chi connectivity index (χ0) is 13.1. The van der Waals surface area contributed by atoms with E-state index in [1.54, 1.807) is 14.1 Å². The lowest BCUT2D eigenvalue weighted by molar-refractivity contribution is -0.137. The van der Waals surface area contributed by atoms with E-state index in [0.29, 0.717) is 6.42 Å². The van der Waals surface area contributed by atoms with Gasteiger partial charge >= 0.3 is 0 Å². The lowest BCUT2D eigenvalue weighted by Gasteiger charge is -2.15. The summed E-state index contributed by atoms with van der Waals surface area (Å²) in [4.78, 5) is 12.8. The minimum atomic E-state index is -0.801. The van der Waals surface area contributed by atoms with E-state index in [1.807, 2.05) is 0 Å². The third-order valence-electron chi connectivity index (χ3n) is 3.06. The van der Waals surface area contributed by atoms with Gasteiger partial charge in [-0.05, 0) is 6.42 Å². The van der Waals surface area contributed by atoms with Crippen LogP contribution in [0.2, 0.25) is 0 Å². The average Bonchev–Trinajstić information content (AvgIpc) is 2.31. The molecule has 3 heteroatoms. The van der Waals surface area contributed by atoms with E-state index < -0.39 is 6.10 Å². The maximum Gasteiger partial charge on any atom is 0.250 e. The van der Waals surface area contributed by atoms with Crippen molar-refractivity contribution < 1.29 is 9.90 Å². The fourth-order valence-corrected chi connectivity index (χ4v) is 1.89. The standard InChI is InChI=1S/C14H29NO2/c1-4-5-6-7-8-9-10-11-12-13(16)14(17)15(2)3/h13,16H,4-12H2,1-3H3. The minimum absolute atomic E-state index is 0.173. The number of carbonyl (C=O) groups excluding carboxylic acids is 1. The molecule has 1 atom stereocenters. The molecule has 102 valence electrons. The molecule has 0 aromatic heterocycles. The summed E-state index contributed by atoms with van der Waals surface area (Å²) < 4.78 is 0. The molecule has 1 amide bonds. The van der Waals surface area contributed by atoms with Crippen molar-refractivity contribution in [1.29, 1.82) is 0 Å². The molecule has 0 saturated heterocycles. The summed E-state index contributed by atoms with van der Waals surface area (Å²) >= 11 is 0. The molecule has 0 rings (SSSR count). The van der Waals surface area contributed by atoms with Crippen LogP contribution < -0.4 is 0 Å². The third-order valence-corrected chi connectivity index (χ3v) is 3.06. The second kappa shape index (κ2) is 10.6. The Bertz CT molecular complexity index is 193. The molecule has 1 unspecified atom stereocenters. The van der Waals surface area contributed by atoms with Crippen LogP contribution in [0.1, 0.15) is 64.7 Å². The minimum Gasteiger partial charge on any atom is -0.383 e. The number of unbranched alkanes of at least 4 members (excludes halogenated alkanes) is 7. The summed E-state index contributed by atoms with van der Waals surface area (Å²) in [5, 5.41) is 9.57. The van der Waals surface area contributed by atoms with Gasteiger partial charge in [0, 0.05) is 14.1 Å². The first-order valence-electron chi connectivity index (χ1n) is 6.98. The van der Waals surface area contributed by atoms with E-state index in [-0.39, 0.29) is 5.91 Å². The number of amides is 1. The number of nitrogens with zero attached hydrogens (tertiary/aromatic N) is 1. The van der Waals surface area contributed by atoms with Crippen molar-refractivity contribution >= 4 is 5.91 Å². The smallest absolute Gasteiger partial charge is 0.250 e. The molecule has 0 spiro atoms. The van der Waals surface area contributed by atoms with E-state index in [2.05, 4.69) is 6.92 Å². The van der Waals surface area contributed by atoms with E-state index >= 15 is 0 Å². The zero-order valence-electron chi connectivity index (χ0n) is 11.7. The van der Waals surface area contributed by atoms with Crippen LogP contribution in [-0.2, 0) is 4.79 Å². The Labute approximate surface area is 106 Å². The van der Waals surface area contributed by atoms with E-state index in [4.69, 9.17) is 0 Å². The molecule has 0 fully saturated rings.